The summed E-state index contributed by atoms with van der Waals surface area (Å²) >= 11 is 11.8. The number of carboxylic acid groups (broad SMARTS) is 1. The Morgan fingerprint density at radius 1 is 1.47 bits per heavy atom. The van der Waals surface area contributed by atoms with Crippen molar-refractivity contribution in [3.8, 4) is 0 Å². The SMILES string of the molecule is Cc1c(CCNC(=O)O)ccc(Cl)c1Cl. The van der Waals surface area contributed by atoms with Crippen LogP contribution < -0.4 is 5.32 Å². The van der Waals surface area contributed by atoms with E-state index in [0.717, 1.165) is 11.1 Å². The monoisotopic (exact) mass is 247 g/mol. The van der Waals surface area contributed by atoms with Gasteiger partial charge >= 0.3 is 6.09 Å². The molecule has 1 aromatic rings. The number of rotatable bonds is 3. The second kappa shape index (κ2) is 5.24. The molecule has 2 N–H and O–H groups in total. The maximum atomic E-state index is 10.2. The fourth-order valence-corrected chi connectivity index (χ4v) is 1.66. The molecule has 1 amide bonds. The summed E-state index contributed by atoms with van der Waals surface area (Å²) in [7, 11) is 0. The van der Waals surface area contributed by atoms with Crippen molar-refractivity contribution in [3.05, 3.63) is 33.3 Å². The van der Waals surface area contributed by atoms with E-state index in [9.17, 15) is 4.79 Å². The third-order valence-electron chi connectivity index (χ3n) is 2.12. The van der Waals surface area contributed by atoms with Crippen LogP contribution in [0, 0.1) is 6.92 Å². The highest BCUT2D eigenvalue weighted by Crippen LogP contribution is 2.27. The van der Waals surface area contributed by atoms with Crippen LogP contribution >= 0.6 is 23.2 Å². The van der Waals surface area contributed by atoms with Crippen molar-refractivity contribution in [2.75, 3.05) is 6.54 Å². The lowest BCUT2D eigenvalue weighted by atomic mass is 10.1. The van der Waals surface area contributed by atoms with Gasteiger partial charge in [0.25, 0.3) is 0 Å². The van der Waals surface area contributed by atoms with Crippen LogP contribution in [-0.4, -0.2) is 17.7 Å². The van der Waals surface area contributed by atoms with Crippen molar-refractivity contribution in [3.63, 3.8) is 0 Å². The predicted molar refractivity (Wildman–Crippen MR) is 60.9 cm³/mol. The number of nitrogens with one attached hydrogen (secondary N) is 1. The van der Waals surface area contributed by atoms with Crippen LogP contribution in [-0.2, 0) is 6.42 Å². The van der Waals surface area contributed by atoms with Gasteiger partial charge in [0, 0.05) is 6.54 Å². The van der Waals surface area contributed by atoms with Crippen LogP contribution in [0.4, 0.5) is 4.79 Å². The number of hydrogen-bond donors (Lipinski definition) is 2. The molecule has 0 atom stereocenters. The molecule has 0 radical (unpaired) electrons. The van der Waals surface area contributed by atoms with E-state index in [0.29, 0.717) is 23.0 Å². The third-order valence-corrected chi connectivity index (χ3v) is 3.02. The highest BCUT2D eigenvalue weighted by molar-refractivity contribution is 6.42. The van der Waals surface area contributed by atoms with Gasteiger partial charge in [-0.15, -0.1) is 0 Å². The summed E-state index contributed by atoms with van der Waals surface area (Å²) in [4.78, 5) is 10.2. The summed E-state index contributed by atoms with van der Waals surface area (Å²) in [5, 5.41) is 11.7. The lowest BCUT2D eigenvalue weighted by Gasteiger charge is -2.08. The quantitative estimate of drug-likeness (QED) is 0.863. The fourth-order valence-electron chi connectivity index (χ4n) is 1.27. The molecule has 0 heterocycles. The van der Waals surface area contributed by atoms with Gasteiger partial charge in [-0.3, -0.25) is 0 Å². The van der Waals surface area contributed by atoms with E-state index in [4.69, 9.17) is 28.3 Å². The third kappa shape index (κ3) is 3.29. The maximum Gasteiger partial charge on any atom is 0.404 e. The number of hydrogen-bond acceptors (Lipinski definition) is 1. The van der Waals surface area contributed by atoms with Crippen LogP contribution in [0.5, 0.6) is 0 Å². The molecule has 5 heteroatoms. The molecule has 0 aliphatic rings. The highest BCUT2D eigenvalue weighted by Gasteiger charge is 2.06. The Morgan fingerprint density at radius 3 is 2.73 bits per heavy atom. The van der Waals surface area contributed by atoms with Gasteiger partial charge in [-0.1, -0.05) is 29.3 Å². The van der Waals surface area contributed by atoms with Crippen LogP contribution in [0.3, 0.4) is 0 Å². The van der Waals surface area contributed by atoms with Gasteiger partial charge in [0.1, 0.15) is 0 Å². The summed E-state index contributed by atoms with van der Waals surface area (Å²) in [5.41, 5.74) is 1.90. The molecule has 1 aromatic carbocycles. The molecule has 0 spiro atoms. The van der Waals surface area contributed by atoms with Crippen LogP contribution in [0.1, 0.15) is 11.1 Å². The number of amides is 1. The van der Waals surface area contributed by atoms with Crippen LogP contribution in [0.25, 0.3) is 0 Å². The van der Waals surface area contributed by atoms with Gasteiger partial charge in [0.05, 0.1) is 10.0 Å². The summed E-state index contributed by atoms with van der Waals surface area (Å²) in [5.74, 6) is 0. The van der Waals surface area contributed by atoms with Crippen molar-refractivity contribution in [2.24, 2.45) is 0 Å². The first-order valence-corrected chi connectivity index (χ1v) is 5.18. The smallest absolute Gasteiger partial charge is 0.404 e. The van der Waals surface area contributed by atoms with E-state index in [1.807, 2.05) is 13.0 Å². The van der Waals surface area contributed by atoms with Gasteiger partial charge in [0.15, 0.2) is 0 Å². The summed E-state index contributed by atoms with van der Waals surface area (Å²) in [6.07, 6.45) is -0.414. The zero-order chi connectivity index (χ0) is 11.4. The summed E-state index contributed by atoms with van der Waals surface area (Å²) < 4.78 is 0. The van der Waals surface area contributed by atoms with Crippen molar-refractivity contribution in [1.29, 1.82) is 0 Å². The summed E-state index contributed by atoms with van der Waals surface area (Å²) in [6, 6.07) is 3.57. The molecule has 82 valence electrons. The molecule has 0 saturated heterocycles. The molecule has 0 aromatic heterocycles. The van der Waals surface area contributed by atoms with Gasteiger partial charge in [0.2, 0.25) is 0 Å². The molecule has 1 rings (SSSR count). The average Bonchev–Trinajstić information content (AvgIpc) is 2.18. The van der Waals surface area contributed by atoms with Gasteiger partial charge < -0.3 is 10.4 Å². The number of benzene rings is 1. The predicted octanol–water partition coefficient (Wildman–Crippen LogP) is 3.11. The van der Waals surface area contributed by atoms with E-state index in [2.05, 4.69) is 5.32 Å². The molecular weight excluding hydrogens is 237 g/mol. The van der Waals surface area contributed by atoms with E-state index in [-0.39, 0.29) is 0 Å². The van der Waals surface area contributed by atoms with Crippen molar-refractivity contribution >= 4 is 29.3 Å². The van der Waals surface area contributed by atoms with Crippen molar-refractivity contribution in [2.45, 2.75) is 13.3 Å². The normalized spacial score (nSPS) is 10.1. The molecule has 0 aliphatic heterocycles. The van der Waals surface area contributed by atoms with E-state index in [1.54, 1.807) is 6.07 Å². The molecule has 0 bridgehead atoms. The fraction of sp³-hybridized carbons (Fsp3) is 0.300. The molecule has 0 fully saturated rings. The largest absolute Gasteiger partial charge is 0.465 e. The van der Waals surface area contributed by atoms with Crippen LogP contribution in [0.15, 0.2) is 12.1 Å². The Hall–Kier alpha value is -0.930. The Morgan fingerprint density at radius 2 is 2.13 bits per heavy atom. The number of carbonyl (C=O) groups is 1. The van der Waals surface area contributed by atoms with Gasteiger partial charge in [-0.05, 0) is 30.5 Å². The zero-order valence-corrected chi connectivity index (χ0v) is 9.69. The Labute approximate surface area is 98.0 Å². The molecule has 0 aliphatic carbocycles. The Kier molecular flexibility index (Phi) is 4.24. The summed E-state index contributed by atoms with van der Waals surface area (Å²) in [6.45, 7) is 2.23. The molecule has 0 saturated carbocycles. The molecule has 15 heavy (non-hydrogen) atoms. The minimum Gasteiger partial charge on any atom is -0.465 e. The lowest BCUT2D eigenvalue weighted by Crippen LogP contribution is -2.23. The average molecular weight is 248 g/mol. The van der Waals surface area contributed by atoms with Crippen molar-refractivity contribution < 1.29 is 9.90 Å². The standard InChI is InChI=1S/C10H11Cl2NO2/c1-6-7(4-5-13-10(14)15)2-3-8(11)9(6)12/h2-3,13H,4-5H2,1H3,(H,14,15). The first-order chi connectivity index (χ1) is 7.02. The Balaban J connectivity index is 2.70. The van der Waals surface area contributed by atoms with Gasteiger partial charge in [-0.2, -0.15) is 0 Å². The van der Waals surface area contributed by atoms with Gasteiger partial charge in [-0.25, -0.2) is 4.79 Å². The minimum atomic E-state index is -1.02. The molecule has 3 nitrogen and oxygen atoms in total. The van der Waals surface area contributed by atoms with E-state index < -0.39 is 6.09 Å². The highest BCUT2D eigenvalue weighted by atomic mass is 35.5. The molecular formula is C10H11Cl2NO2. The van der Waals surface area contributed by atoms with E-state index >= 15 is 0 Å². The maximum absolute atomic E-state index is 10.2. The molecule has 0 unspecified atom stereocenters. The second-order valence-corrected chi connectivity index (χ2v) is 3.91. The first kappa shape index (κ1) is 12.1. The Bertz CT molecular complexity index is 380. The lowest BCUT2D eigenvalue weighted by molar-refractivity contribution is 0.194. The second-order valence-electron chi connectivity index (χ2n) is 3.13. The van der Waals surface area contributed by atoms with Crippen LogP contribution in [0.2, 0.25) is 10.0 Å². The number of halogens is 2. The van der Waals surface area contributed by atoms with E-state index in [1.165, 1.54) is 0 Å². The minimum absolute atomic E-state index is 0.369. The first-order valence-electron chi connectivity index (χ1n) is 4.42. The topological polar surface area (TPSA) is 49.3 Å². The zero-order valence-electron chi connectivity index (χ0n) is 8.18. The van der Waals surface area contributed by atoms with Crippen molar-refractivity contribution in [1.82, 2.24) is 5.32 Å².